The predicted octanol–water partition coefficient (Wildman–Crippen LogP) is 5.32. The molecule has 1 aliphatic rings. The summed E-state index contributed by atoms with van der Waals surface area (Å²) in [6.07, 6.45) is 2.16. The summed E-state index contributed by atoms with van der Waals surface area (Å²) in [5.41, 5.74) is 8.12. The predicted molar refractivity (Wildman–Crippen MR) is 99.4 cm³/mol. The van der Waals surface area contributed by atoms with Crippen LogP contribution >= 0.6 is 11.8 Å². The lowest BCUT2D eigenvalue weighted by Gasteiger charge is -2.34. The van der Waals surface area contributed by atoms with Crippen LogP contribution in [0.2, 0.25) is 19.6 Å². The van der Waals surface area contributed by atoms with Crippen LogP contribution in [-0.2, 0) is 6.42 Å². The van der Waals surface area contributed by atoms with Crippen LogP contribution in [0.1, 0.15) is 25.8 Å². The second kappa shape index (κ2) is 6.46. The molecule has 0 saturated carbocycles. The van der Waals surface area contributed by atoms with Crippen LogP contribution in [0.5, 0.6) is 0 Å². The molecule has 0 aromatic heterocycles. The van der Waals surface area contributed by atoms with Gasteiger partial charge in [0.2, 0.25) is 0 Å². The molecule has 1 aliphatic heterocycles. The maximum Gasteiger partial charge on any atom is 0.129 e. The minimum atomic E-state index is -1.33. The third kappa shape index (κ3) is 4.80. The highest BCUT2D eigenvalue weighted by molar-refractivity contribution is 8.01. The Balaban J connectivity index is 2.33. The summed E-state index contributed by atoms with van der Waals surface area (Å²) in [5.74, 6) is 4.84. The molecule has 0 fully saturated rings. The van der Waals surface area contributed by atoms with E-state index in [0.29, 0.717) is 0 Å². The Hall–Kier alpha value is -0.913. The largest absolute Gasteiger partial charge is 0.137 e. The number of benzene rings is 1. The average Bonchev–Trinajstić information content (AvgIpc) is 2.42. The maximum absolute atomic E-state index is 3.72. The highest BCUT2D eigenvalue weighted by atomic mass is 32.2. The van der Waals surface area contributed by atoms with Gasteiger partial charge < -0.3 is 0 Å². The van der Waals surface area contributed by atoms with Gasteiger partial charge in [0.1, 0.15) is 8.07 Å². The van der Waals surface area contributed by atoms with E-state index in [1.165, 1.54) is 11.1 Å². The first-order valence-corrected chi connectivity index (χ1v) is 12.2. The molecule has 1 atom stereocenters. The van der Waals surface area contributed by atoms with E-state index in [2.05, 4.69) is 75.3 Å². The van der Waals surface area contributed by atoms with Crippen molar-refractivity contribution in [2.45, 2.75) is 51.1 Å². The molecule has 1 aromatic rings. The molecule has 0 spiro atoms. The zero-order chi connectivity index (χ0) is 15.5. The van der Waals surface area contributed by atoms with E-state index in [9.17, 15) is 0 Å². The molecular formula is C19H26SSi. The summed E-state index contributed by atoms with van der Waals surface area (Å²) >= 11 is 2.05. The highest BCUT2D eigenvalue weighted by Gasteiger charge is 2.33. The Morgan fingerprint density at radius 3 is 2.33 bits per heavy atom. The van der Waals surface area contributed by atoms with Gasteiger partial charge >= 0.3 is 0 Å². The number of hydrogen-bond donors (Lipinski definition) is 0. The topological polar surface area (TPSA) is 0 Å². The minimum absolute atomic E-state index is 0.0746. The van der Waals surface area contributed by atoms with Crippen molar-refractivity contribution in [2.24, 2.45) is 0 Å². The second-order valence-corrected chi connectivity index (χ2v) is 13.3. The standard InChI is InChI=1S/C19H26SSi/c1-16-13-19(20-15-17(16)2,11-12-21(3,4)5)14-18-9-7-6-8-10-18/h6-10H,13-15H2,1-5H3. The van der Waals surface area contributed by atoms with Crippen molar-refractivity contribution >= 4 is 19.8 Å². The molecule has 0 saturated heterocycles. The summed E-state index contributed by atoms with van der Waals surface area (Å²) in [6.45, 7) is 11.5. The van der Waals surface area contributed by atoms with Crippen LogP contribution in [0, 0.1) is 11.5 Å². The molecule has 2 rings (SSSR count). The van der Waals surface area contributed by atoms with Gasteiger partial charge in [0.25, 0.3) is 0 Å². The molecule has 1 unspecified atom stereocenters. The lowest BCUT2D eigenvalue weighted by Crippen LogP contribution is -2.31. The Kier molecular flexibility index (Phi) is 5.06. The number of allylic oxidation sites excluding steroid dienone is 1. The lowest BCUT2D eigenvalue weighted by atomic mass is 9.90. The van der Waals surface area contributed by atoms with Crippen LogP contribution in [-0.4, -0.2) is 18.6 Å². The maximum atomic E-state index is 3.72. The molecule has 1 aromatic carbocycles. The summed E-state index contributed by atoms with van der Waals surface area (Å²) in [6, 6.07) is 10.8. The fourth-order valence-electron chi connectivity index (χ4n) is 2.46. The first-order valence-electron chi connectivity index (χ1n) is 7.67. The first-order chi connectivity index (χ1) is 9.80. The van der Waals surface area contributed by atoms with Crippen LogP contribution < -0.4 is 0 Å². The normalized spacial score (nSPS) is 22.7. The van der Waals surface area contributed by atoms with Crippen molar-refractivity contribution < 1.29 is 0 Å². The summed E-state index contributed by atoms with van der Waals surface area (Å²) in [5, 5.41) is 0. The molecule has 0 bridgehead atoms. The third-order valence-corrected chi connectivity index (χ3v) is 6.24. The Morgan fingerprint density at radius 1 is 1.10 bits per heavy atom. The van der Waals surface area contributed by atoms with Gasteiger partial charge in [0.05, 0.1) is 4.75 Å². The van der Waals surface area contributed by atoms with E-state index in [1.807, 2.05) is 11.8 Å². The average molecular weight is 315 g/mol. The zero-order valence-electron chi connectivity index (χ0n) is 13.9. The lowest BCUT2D eigenvalue weighted by molar-refractivity contribution is 0.703. The van der Waals surface area contributed by atoms with Crippen molar-refractivity contribution in [3.8, 4) is 11.5 Å². The third-order valence-electron chi connectivity index (χ3n) is 3.84. The summed E-state index contributed by atoms with van der Waals surface area (Å²) < 4.78 is 0.0746. The van der Waals surface area contributed by atoms with Gasteiger partial charge in [-0.05, 0) is 32.3 Å². The Bertz CT molecular complexity index is 583. The van der Waals surface area contributed by atoms with Gasteiger partial charge in [-0.25, -0.2) is 0 Å². The van der Waals surface area contributed by atoms with Crippen LogP contribution in [0.15, 0.2) is 41.5 Å². The molecular weight excluding hydrogens is 288 g/mol. The molecule has 0 amide bonds. The van der Waals surface area contributed by atoms with Gasteiger partial charge in [-0.1, -0.05) is 67.0 Å². The van der Waals surface area contributed by atoms with E-state index in [-0.39, 0.29) is 4.75 Å². The molecule has 0 radical (unpaired) electrons. The number of hydrogen-bond acceptors (Lipinski definition) is 1. The van der Waals surface area contributed by atoms with E-state index >= 15 is 0 Å². The Morgan fingerprint density at radius 2 is 1.76 bits per heavy atom. The van der Waals surface area contributed by atoms with E-state index < -0.39 is 8.07 Å². The van der Waals surface area contributed by atoms with Crippen molar-refractivity contribution in [2.75, 3.05) is 5.75 Å². The fraction of sp³-hybridized carbons (Fsp3) is 0.474. The monoisotopic (exact) mass is 314 g/mol. The molecule has 0 nitrogen and oxygen atoms in total. The van der Waals surface area contributed by atoms with E-state index in [1.54, 1.807) is 5.57 Å². The van der Waals surface area contributed by atoms with Crippen molar-refractivity contribution in [3.63, 3.8) is 0 Å². The number of rotatable bonds is 2. The molecule has 0 aliphatic carbocycles. The van der Waals surface area contributed by atoms with E-state index in [0.717, 1.165) is 18.6 Å². The summed E-state index contributed by atoms with van der Waals surface area (Å²) in [4.78, 5) is 0. The van der Waals surface area contributed by atoms with Crippen LogP contribution in [0.25, 0.3) is 0 Å². The van der Waals surface area contributed by atoms with Crippen molar-refractivity contribution in [1.29, 1.82) is 0 Å². The van der Waals surface area contributed by atoms with Gasteiger partial charge in [0.15, 0.2) is 0 Å². The van der Waals surface area contributed by atoms with Gasteiger partial charge in [0, 0.05) is 5.75 Å². The van der Waals surface area contributed by atoms with E-state index in [4.69, 9.17) is 0 Å². The Labute approximate surface area is 135 Å². The van der Waals surface area contributed by atoms with Crippen molar-refractivity contribution in [1.82, 2.24) is 0 Å². The quantitative estimate of drug-likeness (QED) is 0.404. The molecule has 21 heavy (non-hydrogen) atoms. The smallest absolute Gasteiger partial charge is 0.129 e. The molecule has 112 valence electrons. The van der Waals surface area contributed by atoms with Gasteiger partial charge in [-0.15, -0.1) is 17.3 Å². The second-order valence-electron chi connectivity index (χ2n) is 7.18. The molecule has 0 N–H and O–H groups in total. The highest BCUT2D eigenvalue weighted by Crippen LogP contribution is 2.41. The van der Waals surface area contributed by atoms with Crippen LogP contribution in [0.4, 0.5) is 0 Å². The van der Waals surface area contributed by atoms with Crippen molar-refractivity contribution in [3.05, 3.63) is 47.0 Å². The minimum Gasteiger partial charge on any atom is -0.137 e. The first kappa shape index (κ1) is 16.5. The fourth-order valence-corrected chi connectivity index (χ4v) is 4.62. The molecule has 1 heterocycles. The zero-order valence-corrected chi connectivity index (χ0v) is 15.7. The SMILES string of the molecule is CC1=C(C)CC(C#C[Si](C)(C)C)(Cc2ccccc2)SC1. The van der Waals surface area contributed by atoms with Gasteiger partial charge in [-0.3, -0.25) is 0 Å². The number of thioether (sulfide) groups is 1. The molecule has 2 heteroatoms. The summed E-state index contributed by atoms with van der Waals surface area (Å²) in [7, 11) is -1.33. The van der Waals surface area contributed by atoms with Gasteiger partial charge in [-0.2, -0.15) is 0 Å². The van der Waals surface area contributed by atoms with Crippen LogP contribution in [0.3, 0.4) is 0 Å².